The van der Waals surface area contributed by atoms with Gasteiger partial charge in [0, 0.05) is 6.42 Å². The van der Waals surface area contributed by atoms with E-state index < -0.39 is 5.97 Å². The Morgan fingerprint density at radius 2 is 2.17 bits per heavy atom. The van der Waals surface area contributed by atoms with Crippen molar-refractivity contribution >= 4 is 5.97 Å². The molecular weight excluding hydrogens is 154 g/mol. The zero-order valence-electron chi connectivity index (χ0n) is 7.92. The Bertz CT molecular complexity index is 136. The van der Waals surface area contributed by atoms with E-state index >= 15 is 0 Å². The van der Waals surface area contributed by atoms with Crippen molar-refractivity contribution in [2.75, 3.05) is 6.54 Å². The molecule has 0 amide bonds. The third-order valence-electron chi connectivity index (χ3n) is 2.23. The van der Waals surface area contributed by atoms with Crippen molar-refractivity contribution in [2.24, 2.45) is 17.6 Å². The summed E-state index contributed by atoms with van der Waals surface area (Å²) in [6.45, 7) is 4.72. The highest BCUT2D eigenvalue weighted by Crippen LogP contribution is 2.16. The molecule has 12 heavy (non-hydrogen) atoms. The summed E-state index contributed by atoms with van der Waals surface area (Å²) in [4.78, 5) is 10.4. The van der Waals surface area contributed by atoms with Crippen molar-refractivity contribution < 1.29 is 9.90 Å². The summed E-state index contributed by atoms with van der Waals surface area (Å²) in [6.07, 6.45) is 2.23. The third-order valence-corrected chi connectivity index (χ3v) is 2.23. The predicted octanol–water partition coefficient (Wildman–Crippen LogP) is 1.47. The van der Waals surface area contributed by atoms with Gasteiger partial charge in [-0.25, -0.2) is 0 Å². The van der Waals surface area contributed by atoms with E-state index in [0.717, 1.165) is 12.8 Å². The number of hydrogen-bond donors (Lipinski definition) is 2. The molecule has 3 N–H and O–H groups in total. The van der Waals surface area contributed by atoms with Gasteiger partial charge in [0.05, 0.1) is 0 Å². The molecule has 0 fully saturated rings. The molecule has 0 aromatic carbocycles. The van der Waals surface area contributed by atoms with Crippen LogP contribution in [-0.4, -0.2) is 17.6 Å². The predicted molar refractivity (Wildman–Crippen MR) is 48.9 cm³/mol. The summed E-state index contributed by atoms with van der Waals surface area (Å²) in [7, 11) is 0. The number of hydrogen-bond acceptors (Lipinski definition) is 2. The largest absolute Gasteiger partial charge is 0.481 e. The van der Waals surface area contributed by atoms with Crippen molar-refractivity contribution in [1.29, 1.82) is 0 Å². The fraction of sp³-hybridized carbons (Fsp3) is 0.889. The van der Waals surface area contributed by atoms with Gasteiger partial charge >= 0.3 is 5.97 Å². The topological polar surface area (TPSA) is 63.3 Å². The summed E-state index contributed by atoms with van der Waals surface area (Å²) in [5, 5.41) is 8.55. The minimum atomic E-state index is -0.742. The van der Waals surface area contributed by atoms with Crippen molar-refractivity contribution in [3.8, 4) is 0 Å². The molecule has 0 aliphatic rings. The molecule has 0 aromatic heterocycles. The van der Waals surface area contributed by atoms with Crippen LogP contribution in [0.15, 0.2) is 0 Å². The lowest BCUT2D eigenvalue weighted by Crippen LogP contribution is -2.20. The zero-order valence-corrected chi connectivity index (χ0v) is 7.92. The van der Waals surface area contributed by atoms with Crippen LogP contribution in [0.3, 0.4) is 0 Å². The van der Waals surface area contributed by atoms with Crippen LogP contribution in [0.1, 0.15) is 33.1 Å². The van der Waals surface area contributed by atoms with Crippen LogP contribution >= 0.6 is 0 Å². The van der Waals surface area contributed by atoms with E-state index in [2.05, 4.69) is 13.8 Å². The first-order chi connectivity index (χ1) is 5.60. The Hall–Kier alpha value is -0.570. The maximum atomic E-state index is 10.4. The lowest BCUT2D eigenvalue weighted by molar-refractivity contribution is -0.138. The van der Waals surface area contributed by atoms with Gasteiger partial charge in [0.2, 0.25) is 0 Å². The van der Waals surface area contributed by atoms with E-state index in [1.165, 1.54) is 0 Å². The Kier molecular flexibility index (Phi) is 5.72. The molecule has 0 aliphatic carbocycles. The lowest BCUT2D eigenvalue weighted by Gasteiger charge is -2.16. The second kappa shape index (κ2) is 6.00. The molecule has 3 heteroatoms. The average Bonchev–Trinajstić information content (AvgIpc) is 2.02. The third kappa shape index (κ3) is 5.13. The summed E-state index contributed by atoms with van der Waals surface area (Å²) < 4.78 is 0. The standard InChI is InChI=1S/C9H19NO2/c1-3-7(2)4-8(6-10)5-9(11)12/h7-8H,3-6,10H2,1-2H3,(H,11,12)/t7-,8-/m0/s1. The van der Waals surface area contributed by atoms with Crippen LogP contribution in [0.5, 0.6) is 0 Å². The van der Waals surface area contributed by atoms with Gasteiger partial charge in [-0.2, -0.15) is 0 Å². The maximum Gasteiger partial charge on any atom is 0.303 e. The van der Waals surface area contributed by atoms with Gasteiger partial charge in [0.15, 0.2) is 0 Å². The minimum absolute atomic E-state index is 0.150. The van der Waals surface area contributed by atoms with Gasteiger partial charge in [-0.1, -0.05) is 20.3 Å². The summed E-state index contributed by atoms with van der Waals surface area (Å²) in [5.74, 6) is -0.0101. The molecule has 0 aromatic rings. The van der Waals surface area contributed by atoms with Gasteiger partial charge in [-0.3, -0.25) is 4.79 Å². The maximum absolute atomic E-state index is 10.4. The summed E-state index contributed by atoms with van der Waals surface area (Å²) in [5.41, 5.74) is 5.46. The molecule has 0 bridgehead atoms. The van der Waals surface area contributed by atoms with E-state index in [0.29, 0.717) is 12.5 Å². The molecule has 0 unspecified atom stereocenters. The highest BCUT2D eigenvalue weighted by atomic mass is 16.4. The molecule has 0 aliphatic heterocycles. The SMILES string of the molecule is CC[C@H](C)C[C@H](CN)CC(=O)O. The van der Waals surface area contributed by atoms with Gasteiger partial charge in [0.1, 0.15) is 0 Å². The number of carboxylic acid groups (broad SMARTS) is 1. The van der Waals surface area contributed by atoms with E-state index in [-0.39, 0.29) is 12.3 Å². The molecule has 72 valence electrons. The number of carbonyl (C=O) groups is 1. The number of nitrogens with two attached hydrogens (primary N) is 1. The van der Waals surface area contributed by atoms with Crippen LogP contribution in [0.2, 0.25) is 0 Å². The number of aliphatic carboxylic acids is 1. The molecule has 0 spiro atoms. The van der Waals surface area contributed by atoms with Gasteiger partial charge in [0.25, 0.3) is 0 Å². The minimum Gasteiger partial charge on any atom is -0.481 e. The molecule has 0 saturated heterocycles. The fourth-order valence-electron chi connectivity index (χ4n) is 1.25. The van der Waals surface area contributed by atoms with Crippen molar-refractivity contribution in [3.63, 3.8) is 0 Å². The average molecular weight is 173 g/mol. The van der Waals surface area contributed by atoms with Crippen LogP contribution in [0.4, 0.5) is 0 Å². The quantitative estimate of drug-likeness (QED) is 0.639. The fourth-order valence-corrected chi connectivity index (χ4v) is 1.25. The van der Waals surface area contributed by atoms with E-state index in [4.69, 9.17) is 10.8 Å². The molecule has 0 radical (unpaired) electrons. The Labute approximate surface area is 74.0 Å². The van der Waals surface area contributed by atoms with Crippen molar-refractivity contribution in [3.05, 3.63) is 0 Å². The van der Waals surface area contributed by atoms with Crippen LogP contribution < -0.4 is 5.73 Å². The molecular formula is C9H19NO2. The van der Waals surface area contributed by atoms with Gasteiger partial charge in [-0.15, -0.1) is 0 Å². The summed E-state index contributed by atoms with van der Waals surface area (Å²) >= 11 is 0. The van der Waals surface area contributed by atoms with Crippen LogP contribution in [0, 0.1) is 11.8 Å². The first-order valence-electron chi connectivity index (χ1n) is 4.52. The Balaban J connectivity index is 3.74. The number of rotatable bonds is 6. The van der Waals surface area contributed by atoms with Crippen molar-refractivity contribution in [1.82, 2.24) is 0 Å². The molecule has 0 heterocycles. The van der Waals surface area contributed by atoms with Crippen LogP contribution in [-0.2, 0) is 4.79 Å². The number of carboxylic acids is 1. The smallest absolute Gasteiger partial charge is 0.303 e. The first kappa shape index (κ1) is 11.4. The molecule has 0 rings (SSSR count). The molecule has 3 nitrogen and oxygen atoms in total. The highest BCUT2D eigenvalue weighted by molar-refractivity contribution is 5.67. The second-order valence-corrected chi connectivity index (χ2v) is 3.45. The van der Waals surface area contributed by atoms with E-state index in [9.17, 15) is 4.79 Å². The zero-order chi connectivity index (χ0) is 9.56. The highest BCUT2D eigenvalue weighted by Gasteiger charge is 2.13. The second-order valence-electron chi connectivity index (χ2n) is 3.45. The van der Waals surface area contributed by atoms with Gasteiger partial charge < -0.3 is 10.8 Å². The monoisotopic (exact) mass is 173 g/mol. The summed E-state index contributed by atoms with van der Waals surface area (Å²) in [6, 6.07) is 0. The van der Waals surface area contributed by atoms with Crippen LogP contribution in [0.25, 0.3) is 0 Å². The van der Waals surface area contributed by atoms with E-state index in [1.807, 2.05) is 0 Å². The Morgan fingerprint density at radius 1 is 1.58 bits per heavy atom. The Morgan fingerprint density at radius 3 is 2.50 bits per heavy atom. The van der Waals surface area contributed by atoms with Gasteiger partial charge in [-0.05, 0) is 24.8 Å². The van der Waals surface area contributed by atoms with E-state index in [1.54, 1.807) is 0 Å². The first-order valence-corrected chi connectivity index (χ1v) is 4.52. The van der Waals surface area contributed by atoms with Crippen molar-refractivity contribution in [2.45, 2.75) is 33.1 Å². The normalized spacial score (nSPS) is 15.6. The lowest BCUT2D eigenvalue weighted by atomic mass is 9.92. The molecule has 2 atom stereocenters. The molecule has 0 saturated carbocycles.